The zero-order valence-electron chi connectivity index (χ0n) is 5.56. The van der Waals surface area contributed by atoms with Gasteiger partial charge in [0.15, 0.2) is 0 Å². The molecule has 9 heavy (non-hydrogen) atoms. The van der Waals surface area contributed by atoms with Crippen molar-refractivity contribution in [2.75, 3.05) is 18.5 Å². The Hall–Kier alpha value is 0.440. The van der Waals surface area contributed by atoms with Crippen molar-refractivity contribution in [2.24, 2.45) is 17.3 Å². The van der Waals surface area contributed by atoms with Crippen LogP contribution in [0.25, 0.3) is 0 Å². The molecule has 1 saturated heterocycles. The Morgan fingerprint density at radius 1 is 1.56 bits per heavy atom. The molecule has 0 aromatic carbocycles. The summed E-state index contributed by atoms with van der Waals surface area (Å²) in [5.41, 5.74) is 0.595. The Balaban J connectivity index is 2.07. The lowest BCUT2D eigenvalue weighted by Crippen LogP contribution is -2.09. The van der Waals surface area contributed by atoms with Crippen LogP contribution in [0.1, 0.15) is 6.92 Å². The van der Waals surface area contributed by atoms with Gasteiger partial charge in [0, 0.05) is 5.33 Å². The van der Waals surface area contributed by atoms with Crippen molar-refractivity contribution in [2.45, 2.75) is 6.92 Å². The van der Waals surface area contributed by atoms with Gasteiger partial charge in [-0.25, -0.2) is 0 Å². The zero-order valence-corrected chi connectivity index (χ0v) is 7.15. The largest absolute Gasteiger partial charge is 0.381 e. The van der Waals surface area contributed by atoms with E-state index >= 15 is 0 Å². The van der Waals surface area contributed by atoms with E-state index in [-0.39, 0.29) is 0 Å². The van der Waals surface area contributed by atoms with Gasteiger partial charge in [-0.05, 0) is 17.3 Å². The third-order valence-corrected chi connectivity index (χ3v) is 4.16. The predicted molar refractivity (Wildman–Crippen MR) is 39.7 cm³/mol. The molecular formula is C7H11BrO. The molecule has 0 aromatic rings. The van der Waals surface area contributed by atoms with E-state index in [2.05, 4.69) is 22.9 Å². The SMILES string of the molecule is CC1(CBr)[C@@H]2COC[C@@H]21. The van der Waals surface area contributed by atoms with Crippen LogP contribution < -0.4 is 0 Å². The van der Waals surface area contributed by atoms with Crippen molar-refractivity contribution in [3.05, 3.63) is 0 Å². The number of fused-ring (bicyclic) bond motifs is 1. The van der Waals surface area contributed by atoms with Gasteiger partial charge in [0.1, 0.15) is 0 Å². The van der Waals surface area contributed by atoms with Crippen LogP contribution in [0.2, 0.25) is 0 Å². The zero-order chi connectivity index (χ0) is 6.48. The lowest BCUT2D eigenvalue weighted by atomic mass is 10.1. The summed E-state index contributed by atoms with van der Waals surface area (Å²) >= 11 is 3.53. The van der Waals surface area contributed by atoms with Crippen LogP contribution in [0, 0.1) is 17.3 Å². The molecule has 2 rings (SSSR count). The minimum absolute atomic E-state index is 0.595. The molecule has 0 radical (unpaired) electrons. The van der Waals surface area contributed by atoms with Crippen molar-refractivity contribution in [1.29, 1.82) is 0 Å². The van der Waals surface area contributed by atoms with E-state index < -0.39 is 0 Å². The van der Waals surface area contributed by atoms with Crippen LogP contribution in [0.4, 0.5) is 0 Å². The van der Waals surface area contributed by atoms with Gasteiger partial charge in [0.2, 0.25) is 0 Å². The van der Waals surface area contributed by atoms with Crippen molar-refractivity contribution in [3.8, 4) is 0 Å². The summed E-state index contributed by atoms with van der Waals surface area (Å²) in [5.74, 6) is 1.74. The number of halogens is 1. The first-order chi connectivity index (χ1) is 4.29. The molecule has 2 heteroatoms. The fraction of sp³-hybridized carbons (Fsp3) is 1.00. The van der Waals surface area contributed by atoms with Gasteiger partial charge in [-0.3, -0.25) is 0 Å². The van der Waals surface area contributed by atoms with Crippen LogP contribution in [0.15, 0.2) is 0 Å². The minimum atomic E-state index is 0.595. The van der Waals surface area contributed by atoms with E-state index in [4.69, 9.17) is 4.74 Å². The summed E-state index contributed by atoms with van der Waals surface area (Å²) in [7, 11) is 0. The van der Waals surface area contributed by atoms with Gasteiger partial charge >= 0.3 is 0 Å². The molecular weight excluding hydrogens is 180 g/mol. The van der Waals surface area contributed by atoms with Gasteiger partial charge in [-0.2, -0.15) is 0 Å². The van der Waals surface area contributed by atoms with Crippen LogP contribution in [-0.4, -0.2) is 18.5 Å². The van der Waals surface area contributed by atoms with Gasteiger partial charge in [-0.15, -0.1) is 0 Å². The summed E-state index contributed by atoms with van der Waals surface area (Å²) in [6.07, 6.45) is 0. The van der Waals surface area contributed by atoms with Gasteiger partial charge in [-0.1, -0.05) is 22.9 Å². The summed E-state index contributed by atoms with van der Waals surface area (Å²) in [5, 5.41) is 1.15. The van der Waals surface area contributed by atoms with Gasteiger partial charge in [0.25, 0.3) is 0 Å². The summed E-state index contributed by atoms with van der Waals surface area (Å²) in [6, 6.07) is 0. The number of alkyl halides is 1. The Bertz CT molecular complexity index is 125. The second-order valence-corrected chi connectivity index (χ2v) is 3.95. The molecule has 3 atom stereocenters. The monoisotopic (exact) mass is 190 g/mol. The first-order valence-corrected chi connectivity index (χ1v) is 4.55. The van der Waals surface area contributed by atoms with E-state index in [1.165, 1.54) is 0 Å². The number of hydrogen-bond acceptors (Lipinski definition) is 1. The molecule has 52 valence electrons. The third kappa shape index (κ3) is 0.637. The molecule has 1 nitrogen and oxygen atoms in total. The second-order valence-electron chi connectivity index (χ2n) is 3.39. The number of hydrogen-bond donors (Lipinski definition) is 0. The maximum absolute atomic E-state index is 5.28. The molecule has 0 spiro atoms. The van der Waals surface area contributed by atoms with Crippen LogP contribution in [-0.2, 0) is 4.74 Å². The molecule has 1 aliphatic heterocycles. The maximum atomic E-state index is 5.28. The highest BCUT2D eigenvalue weighted by molar-refractivity contribution is 9.09. The summed E-state index contributed by atoms with van der Waals surface area (Å²) < 4.78 is 5.28. The highest BCUT2D eigenvalue weighted by Crippen LogP contribution is 2.62. The van der Waals surface area contributed by atoms with Crippen molar-refractivity contribution in [3.63, 3.8) is 0 Å². The van der Waals surface area contributed by atoms with Crippen molar-refractivity contribution in [1.82, 2.24) is 0 Å². The first kappa shape index (κ1) is 6.17. The lowest BCUT2D eigenvalue weighted by molar-refractivity contribution is 0.135. The lowest BCUT2D eigenvalue weighted by Gasteiger charge is -2.09. The van der Waals surface area contributed by atoms with Crippen LogP contribution >= 0.6 is 15.9 Å². The fourth-order valence-corrected chi connectivity index (χ4v) is 2.73. The summed E-state index contributed by atoms with van der Waals surface area (Å²) in [6.45, 7) is 4.36. The Kier molecular flexibility index (Phi) is 1.18. The summed E-state index contributed by atoms with van der Waals surface area (Å²) in [4.78, 5) is 0. The molecule has 0 amide bonds. The normalized spacial score (nSPS) is 55.3. The highest BCUT2D eigenvalue weighted by atomic mass is 79.9. The Labute approximate surface area is 63.9 Å². The smallest absolute Gasteiger partial charge is 0.0503 e. The van der Waals surface area contributed by atoms with E-state index in [9.17, 15) is 0 Å². The second kappa shape index (κ2) is 1.73. The highest BCUT2D eigenvalue weighted by Gasteiger charge is 2.62. The Morgan fingerprint density at radius 3 is 2.44 bits per heavy atom. The molecule has 1 saturated carbocycles. The average molecular weight is 191 g/mol. The molecule has 2 aliphatic rings. The van der Waals surface area contributed by atoms with Crippen molar-refractivity contribution < 1.29 is 4.74 Å². The van der Waals surface area contributed by atoms with Gasteiger partial charge < -0.3 is 4.74 Å². The van der Waals surface area contributed by atoms with Gasteiger partial charge in [0.05, 0.1) is 13.2 Å². The number of ether oxygens (including phenoxy) is 1. The number of rotatable bonds is 1. The minimum Gasteiger partial charge on any atom is -0.381 e. The maximum Gasteiger partial charge on any atom is 0.0503 e. The molecule has 1 aliphatic carbocycles. The average Bonchev–Trinajstić information content (AvgIpc) is 2.39. The predicted octanol–water partition coefficient (Wildman–Crippen LogP) is 1.66. The van der Waals surface area contributed by atoms with E-state index in [1.807, 2.05) is 0 Å². The van der Waals surface area contributed by atoms with E-state index in [0.29, 0.717) is 5.41 Å². The molecule has 0 bridgehead atoms. The first-order valence-electron chi connectivity index (χ1n) is 3.43. The van der Waals surface area contributed by atoms with E-state index in [1.54, 1.807) is 0 Å². The third-order valence-electron chi connectivity index (χ3n) is 2.95. The Morgan fingerprint density at radius 2 is 2.11 bits per heavy atom. The molecule has 0 aromatic heterocycles. The van der Waals surface area contributed by atoms with E-state index in [0.717, 1.165) is 30.4 Å². The quantitative estimate of drug-likeness (QED) is 0.572. The standard InChI is InChI=1S/C7H11BrO/c1-7(4-8)5-2-9-3-6(5)7/h5-6H,2-4H2,1H3/t5-,6+,7?. The van der Waals surface area contributed by atoms with Crippen molar-refractivity contribution >= 4 is 15.9 Å². The molecule has 2 fully saturated rings. The topological polar surface area (TPSA) is 9.23 Å². The van der Waals surface area contributed by atoms with Crippen LogP contribution in [0.3, 0.4) is 0 Å². The molecule has 1 unspecified atom stereocenters. The molecule has 0 N–H and O–H groups in total. The molecule has 1 heterocycles. The van der Waals surface area contributed by atoms with Crippen LogP contribution in [0.5, 0.6) is 0 Å². The fourth-order valence-electron chi connectivity index (χ4n) is 1.90.